The van der Waals surface area contributed by atoms with Crippen LogP contribution < -0.4 is 4.74 Å². The predicted octanol–water partition coefficient (Wildman–Crippen LogP) is 6.01. The minimum atomic E-state index is -0.653. The van der Waals surface area contributed by atoms with Gasteiger partial charge < -0.3 is 4.74 Å². The molecule has 24 heavy (non-hydrogen) atoms. The van der Waals surface area contributed by atoms with Gasteiger partial charge in [-0.25, -0.2) is 14.4 Å². The van der Waals surface area contributed by atoms with Crippen LogP contribution in [0.5, 0.6) is 11.6 Å². The van der Waals surface area contributed by atoms with Gasteiger partial charge in [0, 0.05) is 29.3 Å². The molecule has 0 saturated carbocycles. The maximum absolute atomic E-state index is 13.5. The number of hydrogen-bond donors (Lipinski definition) is 0. The summed E-state index contributed by atoms with van der Waals surface area (Å²) in [6.07, 6.45) is 7.09. The standard InChI is InChI=1S/C17H12Cl3FN2O/c18-13-5-1-3-10(15(13)19)7-11-4-2-6-22-17(11)24-12-8-14(21)16(20)23-9-12/h2-4,6,8-9H,1,5,7H2. The zero-order valence-corrected chi connectivity index (χ0v) is 14.7. The number of ether oxygens (including phenoxy) is 1. The van der Waals surface area contributed by atoms with Gasteiger partial charge in [0.15, 0.2) is 16.7 Å². The number of halogens is 4. The fraction of sp³-hybridized carbons (Fsp3) is 0.176. The highest BCUT2D eigenvalue weighted by Gasteiger charge is 2.16. The number of nitrogens with zero attached hydrogens (tertiary/aromatic N) is 2. The molecule has 0 N–H and O–H groups in total. The lowest BCUT2D eigenvalue weighted by Crippen LogP contribution is -2.01. The van der Waals surface area contributed by atoms with E-state index >= 15 is 0 Å². The van der Waals surface area contributed by atoms with Crippen molar-refractivity contribution in [1.29, 1.82) is 0 Å². The number of rotatable bonds is 4. The minimum Gasteiger partial charge on any atom is -0.437 e. The number of pyridine rings is 2. The summed E-state index contributed by atoms with van der Waals surface area (Å²) in [6.45, 7) is 0. The molecule has 0 radical (unpaired) electrons. The molecule has 0 bridgehead atoms. The highest BCUT2D eigenvalue weighted by atomic mass is 35.5. The molecule has 0 saturated heterocycles. The summed E-state index contributed by atoms with van der Waals surface area (Å²) in [7, 11) is 0. The average Bonchev–Trinajstić information content (AvgIpc) is 2.57. The summed E-state index contributed by atoms with van der Waals surface area (Å²) >= 11 is 18.0. The SMILES string of the molecule is Fc1cc(Oc2ncccc2CC2=CCCC(Cl)=C2Cl)cnc1Cl. The molecule has 124 valence electrons. The normalized spacial score (nSPS) is 14.6. The van der Waals surface area contributed by atoms with E-state index in [1.165, 1.54) is 6.20 Å². The monoisotopic (exact) mass is 384 g/mol. The van der Waals surface area contributed by atoms with Crippen molar-refractivity contribution in [3.8, 4) is 11.6 Å². The highest BCUT2D eigenvalue weighted by molar-refractivity contribution is 6.40. The van der Waals surface area contributed by atoms with E-state index in [2.05, 4.69) is 16.0 Å². The van der Waals surface area contributed by atoms with Crippen LogP contribution in [0.15, 0.2) is 52.3 Å². The van der Waals surface area contributed by atoms with Crippen LogP contribution in [0.1, 0.15) is 18.4 Å². The van der Waals surface area contributed by atoms with Crippen molar-refractivity contribution in [3.63, 3.8) is 0 Å². The Morgan fingerprint density at radius 1 is 1.21 bits per heavy atom. The van der Waals surface area contributed by atoms with Crippen LogP contribution in [0.4, 0.5) is 4.39 Å². The van der Waals surface area contributed by atoms with Crippen molar-refractivity contribution in [2.45, 2.75) is 19.3 Å². The lowest BCUT2D eigenvalue weighted by atomic mass is 10.00. The molecule has 0 fully saturated rings. The molecule has 2 aromatic rings. The number of aromatic nitrogens is 2. The van der Waals surface area contributed by atoms with Crippen LogP contribution >= 0.6 is 34.8 Å². The average molecular weight is 386 g/mol. The van der Waals surface area contributed by atoms with Gasteiger partial charge in [-0.1, -0.05) is 46.9 Å². The van der Waals surface area contributed by atoms with Crippen LogP contribution in [0.25, 0.3) is 0 Å². The van der Waals surface area contributed by atoms with Gasteiger partial charge in [-0.3, -0.25) is 0 Å². The minimum absolute atomic E-state index is 0.206. The van der Waals surface area contributed by atoms with E-state index in [1.807, 2.05) is 6.07 Å². The van der Waals surface area contributed by atoms with Crippen LogP contribution in [0, 0.1) is 5.82 Å². The van der Waals surface area contributed by atoms with E-state index in [1.54, 1.807) is 12.3 Å². The van der Waals surface area contributed by atoms with Gasteiger partial charge in [0.1, 0.15) is 0 Å². The molecule has 0 aliphatic heterocycles. The summed E-state index contributed by atoms with van der Waals surface area (Å²) in [5.74, 6) is -0.0818. The highest BCUT2D eigenvalue weighted by Crippen LogP contribution is 2.34. The molecule has 1 aliphatic rings. The first-order chi connectivity index (χ1) is 11.5. The van der Waals surface area contributed by atoms with Crippen molar-refractivity contribution in [1.82, 2.24) is 9.97 Å². The Hall–Kier alpha value is -1.62. The Labute approximate surface area is 153 Å². The first-order valence-electron chi connectivity index (χ1n) is 7.21. The van der Waals surface area contributed by atoms with Crippen molar-refractivity contribution < 1.29 is 9.13 Å². The predicted molar refractivity (Wildman–Crippen MR) is 93.3 cm³/mol. The molecule has 2 heterocycles. The Balaban J connectivity index is 1.86. The third-order valence-corrected chi connectivity index (χ3v) is 4.71. The molecular weight excluding hydrogens is 374 g/mol. The van der Waals surface area contributed by atoms with E-state index in [0.717, 1.165) is 30.0 Å². The second kappa shape index (κ2) is 7.51. The van der Waals surface area contributed by atoms with Crippen molar-refractivity contribution in [2.75, 3.05) is 0 Å². The van der Waals surface area contributed by atoms with Gasteiger partial charge in [-0.05, 0) is 24.5 Å². The molecular formula is C17H12Cl3FN2O. The molecule has 0 unspecified atom stereocenters. The maximum Gasteiger partial charge on any atom is 0.222 e. The lowest BCUT2D eigenvalue weighted by molar-refractivity contribution is 0.450. The van der Waals surface area contributed by atoms with Gasteiger partial charge in [-0.2, -0.15) is 0 Å². The molecule has 7 heteroatoms. The zero-order valence-electron chi connectivity index (χ0n) is 12.4. The summed E-state index contributed by atoms with van der Waals surface area (Å²) in [4.78, 5) is 7.93. The third kappa shape index (κ3) is 3.89. The van der Waals surface area contributed by atoms with Gasteiger partial charge in [-0.15, -0.1) is 0 Å². The third-order valence-electron chi connectivity index (χ3n) is 3.49. The molecule has 3 rings (SSSR count). The Bertz CT molecular complexity index is 836. The smallest absolute Gasteiger partial charge is 0.222 e. The quantitative estimate of drug-likeness (QED) is 0.604. The second-order valence-corrected chi connectivity index (χ2v) is 6.37. The van der Waals surface area contributed by atoms with Crippen LogP contribution in [-0.2, 0) is 6.42 Å². The maximum atomic E-state index is 13.5. The Kier molecular flexibility index (Phi) is 5.39. The molecule has 3 nitrogen and oxygen atoms in total. The summed E-state index contributed by atoms with van der Waals surface area (Å²) < 4.78 is 19.2. The summed E-state index contributed by atoms with van der Waals surface area (Å²) in [5, 5.41) is 1.02. The van der Waals surface area contributed by atoms with Gasteiger partial charge >= 0.3 is 0 Å². The number of allylic oxidation sites excluding steroid dienone is 4. The first kappa shape index (κ1) is 17.2. The van der Waals surface area contributed by atoms with Crippen molar-refractivity contribution in [2.24, 2.45) is 0 Å². The lowest BCUT2D eigenvalue weighted by Gasteiger charge is -2.15. The molecule has 1 aliphatic carbocycles. The Morgan fingerprint density at radius 2 is 2.04 bits per heavy atom. The fourth-order valence-electron chi connectivity index (χ4n) is 2.32. The second-order valence-electron chi connectivity index (χ2n) is 5.18. The zero-order chi connectivity index (χ0) is 17.1. The van der Waals surface area contributed by atoms with E-state index in [4.69, 9.17) is 39.5 Å². The molecule has 0 amide bonds. The van der Waals surface area contributed by atoms with Crippen LogP contribution in [0.2, 0.25) is 5.15 Å². The molecule has 0 atom stereocenters. The topological polar surface area (TPSA) is 35.0 Å². The van der Waals surface area contributed by atoms with E-state index in [9.17, 15) is 4.39 Å². The van der Waals surface area contributed by atoms with Gasteiger partial charge in [0.25, 0.3) is 0 Å². The van der Waals surface area contributed by atoms with Crippen LogP contribution in [-0.4, -0.2) is 9.97 Å². The van der Waals surface area contributed by atoms with Gasteiger partial charge in [0.05, 0.1) is 11.2 Å². The summed E-state index contributed by atoms with van der Waals surface area (Å²) in [6, 6.07) is 4.83. The van der Waals surface area contributed by atoms with Crippen molar-refractivity contribution in [3.05, 3.63) is 68.8 Å². The van der Waals surface area contributed by atoms with E-state index < -0.39 is 5.82 Å². The fourth-order valence-corrected chi connectivity index (χ4v) is 2.90. The molecule has 0 aromatic carbocycles. The van der Waals surface area contributed by atoms with Crippen molar-refractivity contribution >= 4 is 34.8 Å². The largest absolute Gasteiger partial charge is 0.437 e. The van der Waals surface area contributed by atoms with E-state index in [-0.39, 0.29) is 10.9 Å². The first-order valence-corrected chi connectivity index (χ1v) is 8.34. The van der Waals surface area contributed by atoms with E-state index in [0.29, 0.717) is 22.4 Å². The van der Waals surface area contributed by atoms with Gasteiger partial charge in [0.2, 0.25) is 5.88 Å². The number of hydrogen-bond acceptors (Lipinski definition) is 3. The molecule has 2 aromatic heterocycles. The Morgan fingerprint density at radius 3 is 2.83 bits per heavy atom. The van der Waals surface area contributed by atoms with Crippen LogP contribution in [0.3, 0.4) is 0 Å². The molecule has 0 spiro atoms. The summed E-state index contributed by atoms with van der Waals surface area (Å²) in [5.41, 5.74) is 1.73.